The van der Waals surface area contributed by atoms with Crippen molar-refractivity contribution in [1.82, 2.24) is 0 Å². The van der Waals surface area contributed by atoms with E-state index < -0.39 is 97.5 Å². The first kappa shape index (κ1) is 102. The van der Waals surface area contributed by atoms with Crippen molar-refractivity contribution in [2.24, 2.45) is 0 Å². The molecule has 0 aromatic rings. The highest BCUT2D eigenvalue weighted by Crippen LogP contribution is 2.45. The molecule has 5 atom stereocenters. The van der Waals surface area contributed by atoms with Crippen LogP contribution < -0.4 is 0 Å². The summed E-state index contributed by atoms with van der Waals surface area (Å²) in [5.41, 5.74) is 0. The number of esters is 4. The fourth-order valence-electron chi connectivity index (χ4n) is 9.73. The molecule has 0 aromatic heterocycles. The summed E-state index contributed by atoms with van der Waals surface area (Å²) in [6.07, 6.45) is 98.3. The second kappa shape index (κ2) is 78.8. The fraction of sp³-hybridized carbons (Fsp3) is 0.573. The monoisotopic (exact) mass is 1540 g/mol. The molecular weight excluding hydrogens is 1400 g/mol. The number of aliphatic hydroxyl groups is 1. The second-order valence-electron chi connectivity index (χ2n) is 25.9. The number of phosphoric ester groups is 2. The highest BCUT2D eigenvalue weighted by Gasteiger charge is 2.30. The lowest BCUT2D eigenvalue weighted by molar-refractivity contribution is -0.161. The van der Waals surface area contributed by atoms with Crippen LogP contribution in [0.1, 0.15) is 272 Å². The van der Waals surface area contributed by atoms with E-state index in [2.05, 4.69) is 198 Å². The van der Waals surface area contributed by atoms with Crippen LogP contribution in [0.25, 0.3) is 0 Å². The Morgan fingerprint density at radius 3 is 0.815 bits per heavy atom. The van der Waals surface area contributed by atoms with E-state index in [1.54, 1.807) is 0 Å². The Balaban J connectivity index is 5.56. The first-order chi connectivity index (χ1) is 52.7. The molecular formula is C89H140O17P2. The van der Waals surface area contributed by atoms with Crippen LogP contribution in [0.3, 0.4) is 0 Å². The van der Waals surface area contributed by atoms with Gasteiger partial charge in [-0.2, -0.15) is 0 Å². The predicted octanol–water partition coefficient (Wildman–Crippen LogP) is 23.9. The summed E-state index contributed by atoms with van der Waals surface area (Å²) < 4.78 is 68.5. The van der Waals surface area contributed by atoms with Crippen LogP contribution in [0, 0.1) is 0 Å². The molecule has 19 heteroatoms. The molecule has 5 unspecified atom stereocenters. The van der Waals surface area contributed by atoms with Gasteiger partial charge in [-0.3, -0.25) is 37.3 Å². The summed E-state index contributed by atoms with van der Waals surface area (Å²) in [7, 11) is -10.0. The zero-order valence-electron chi connectivity index (χ0n) is 66.4. The van der Waals surface area contributed by atoms with Gasteiger partial charge in [0.05, 0.1) is 26.4 Å². The van der Waals surface area contributed by atoms with Crippen molar-refractivity contribution in [2.75, 3.05) is 39.6 Å². The molecule has 0 heterocycles. The molecule has 108 heavy (non-hydrogen) atoms. The molecule has 0 aliphatic rings. The van der Waals surface area contributed by atoms with Gasteiger partial charge < -0.3 is 33.8 Å². The van der Waals surface area contributed by atoms with Crippen LogP contribution in [0.15, 0.2) is 207 Å². The maximum absolute atomic E-state index is 13.1. The lowest BCUT2D eigenvalue weighted by Crippen LogP contribution is -2.30. The van der Waals surface area contributed by atoms with Gasteiger partial charge in [0.2, 0.25) is 0 Å². The van der Waals surface area contributed by atoms with Gasteiger partial charge in [-0.15, -0.1) is 0 Å². The molecule has 0 aliphatic carbocycles. The maximum Gasteiger partial charge on any atom is 0.472 e. The quantitative estimate of drug-likeness (QED) is 0.0169. The Hall–Kier alpha value is -6.36. The van der Waals surface area contributed by atoms with E-state index >= 15 is 0 Å². The molecule has 3 N–H and O–H groups in total. The van der Waals surface area contributed by atoms with Gasteiger partial charge in [0, 0.05) is 25.7 Å². The highest BCUT2D eigenvalue weighted by atomic mass is 31.2. The zero-order valence-corrected chi connectivity index (χ0v) is 68.2. The molecule has 0 spiro atoms. The summed E-state index contributed by atoms with van der Waals surface area (Å²) in [5, 5.41) is 10.6. The number of unbranched alkanes of at least 4 members (excludes halogenated alkanes) is 13. The summed E-state index contributed by atoms with van der Waals surface area (Å²) in [6, 6.07) is 0. The Labute approximate surface area is 652 Å². The molecule has 0 radical (unpaired) electrons. The Morgan fingerprint density at radius 1 is 0.269 bits per heavy atom. The molecule has 0 amide bonds. The third-order valence-electron chi connectivity index (χ3n) is 15.8. The number of hydrogen-bond donors (Lipinski definition) is 3. The van der Waals surface area contributed by atoms with E-state index in [1.165, 1.54) is 19.3 Å². The highest BCUT2D eigenvalue weighted by molar-refractivity contribution is 7.47. The SMILES string of the molecule is CC/C=C\C/C=C\C/C=C\C/C=C\C/C=C\C/C=C\CCC(=O)OCC(COP(=O)(O)OCC(O)COP(=O)(O)OCC(COC(=O)CCCCCCC/C=C\C/C=C\C/C=C\CC)OC(=O)CCCCCCC/C=C\C/C=C\CCCCC)OC(=O)CC/C=C\C/C=C\C/C=C\C/C=C\C/C=C\C/C=C\CC. The van der Waals surface area contributed by atoms with E-state index in [4.69, 9.17) is 37.0 Å². The largest absolute Gasteiger partial charge is 0.472 e. The van der Waals surface area contributed by atoms with Crippen molar-refractivity contribution in [3.05, 3.63) is 207 Å². The van der Waals surface area contributed by atoms with Gasteiger partial charge in [-0.25, -0.2) is 9.13 Å². The third-order valence-corrected chi connectivity index (χ3v) is 17.7. The smallest absolute Gasteiger partial charge is 0.462 e. The second-order valence-corrected chi connectivity index (χ2v) is 28.8. The Morgan fingerprint density at radius 2 is 0.500 bits per heavy atom. The van der Waals surface area contributed by atoms with Crippen LogP contribution in [0.5, 0.6) is 0 Å². The topological polar surface area (TPSA) is 237 Å². The number of ether oxygens (including phenoxy) is 4. The summed E-state index contributed by atoms with van der Waals surface area (Å²) in [4.78, 5) is 73.0. The lowest BCUT2D eigenvalue weighted by atomic mass is 10.1. The van der Waals surface area contributed by atoms with Gasteiger partial charge in [0.1, 0.15) is 19.3 Å². The number of carbonyl (C=O) groups is 4. The molecule has 0 aliphatic heterocycles. The molecule has 0 bridgehead atoms. The van der Waals surface area contributed by atoms with Crippen LogP contribution in [0.2, 0.25) is 0 Å². The average molecular weight is 1540 g/mol. The first-order valence-corrected chi connectivity index (χ1v) is 43.3. The van der Waals surface area contributed by atoms with Crippen LogP contribution >= 0.6 is 15.6 Å². The normalized spacial score (nSPS) is 14.9. The predicted molar refractivity (Wildman–Crippen MR) is 445 cm³/mol. The number of aliphatic hydroxyl groups excluding tert-OH is 1. The third kappa shape index (κ3) is 77.8. The zero-order chi connectivity index (χ0) is 78.9. The van der Waals surface area contributed by atoms with Crippen molar-refractivity contribution >= 4 is 39.5 Å². The van der Waals surface area contributed by atoms with Gasteiger partial charge in [0.15, 0.2) is 12.2 Å². The molecule has 17 nitrogen and oxygen atoms in total. The van der Waals surface area contributed by atoms with Crippen molar-refractivity contribution in [2.45, 2.75) is 290 Å². The van der Waals surface area contributed by atoms with Gasteiger partial charge in [-0.1, -0.05) is 286 Å². The average Bonchev–Trinajstić information content (AvgIpc) is 0.896. The maximum atomic E-state index is 13.1. The number of hydrogen-bond acceptors (Lipinski definition) is 15. The van der Waals surface area contributed by atoms with Crippen molar-refractivity contribution < 1.29 is 80.2 Å². The first-order valence-electron chi connectivity index (χ1n) is 40.3. The molecule has 0 rings (SSSR count). The van der Waals surface area contributed by atoms with E-state index in [9.17, 15) is 43.2 Å². The molecule has 0 fully saturated rings. The van der Waals surface area contributed by atoms with Crippen LogP contribution in [-0.4, -0.2) is 96.7 Å². The summed E-state index contributed by atoms with van der Waals surface area (Å²) in [6.45, 7) is 4.27. The van der Waals surface area contributed by atoms with Gasteiger partial charge in [-0.05, 0) is 167 Å². The Bertz CT molecular complexity index is 2860. The minimum atomic E-state index is -5.03. The minimum Gasteiger partial charge on any atom is -0.462 e. The summed E-state index contributed by atoms with van der Waals surface area (Å²) >= 11 is 0. The van der Waals surface area contributed by atoms with Crippen LogP contribution in [-0.2, 0) is 65.4 Å². The van der Waals surface area contributed by atoms with Crippen LogP contribution in [0.4, 0.5) is 0 Å². The van der Waals surface area contributed by atoms with Crippen molar-refractivity contribution in [3.63, 3.8) is 0 Å². The van der Waals surface area contributed by atoms with E-state index in [-0.39, 0.29) is 25.7 Å². The standard InChI is InChI=1S/C89H140O17P2/c1-5-9-13-17-21-25-29-33-37-39-41-43-47-50-54-58-62-66-70-74-87(92)100-80-85(106-89(94)76-72-68-64-60-56-52-48-44-42-40-38-34-30-26-22-18-14-10-6-2)82-104-108(97,98)102-78-83(90)77-101-107(95,96)103-81-84(105-88(93)75-71-67-63-59-55-51-46-36-32-28-24-20-16-12-8-4)79-99-86(91)73-69-65-61-57-53-49-45-35-31-27-23-19-15-11-7-3/h9-11,13-15,21-28,33-38,41-46,50,52,54,56,62,64,66,68,83-85,90H,5-8,12,16-20,29-32,39-40,47-49,51,53,55,57-61,63,65,67,69-82H2,1-4H3,(H,95,96)(H,97,98)/b13-9-,14-10-,15-11-,25-21-,26-22-,27-23-,28-24-,37-33-,38-34-,43-41-,44-42-,45-35-,46-36-,54-50-,56-52-,66-62-,68-64-. The number of rotatable bonds is 73. The molecule has 0 aromatic carbocycles. The number of allylic oxidation sites excluding steroid dienone is 34. The van der Waals surface area contributed by atoms with E-state index in [0.717, 1.165) is 161 Å². The molecule has 0 saturated carbocycles. The number of phosphoric acid groups is 2. The lowest BCUT2D eigenvalue weighted by Gasteiger charge is -2.21. The molecule has 0 saturated heterocycles. The minimum absolute atomic E-state index is 0.0108. The fourth-order valence-corrected chi connectivity index (χ4v) is 11.3. The van der Waals surface area contributed by atoms with Crippen molar-refractivity contribution in [1.29, 1.82) is 0 Å². The number of carbonyl (C=O) groups excluding carboxylic acids is 4. The van der Waals surface area contributed by atoms with Gasteiger partial charge in [0.25, 0.3) is 0 Å². The van der Waals surface area contributed by atoms with Crippen molar-refractivity contribution in [3.8, 4) is 0 Å². The van der Waals surface area contributed by atoms with E-state index in [0.29, 0.717) is 38.5 Å². The summed E-state index contributed by atoms with van der Waals surface area (Å²) in [5.74, 6) is -2.43. The van der Waals surface area contributed by atoms with Gasteiger partial charge >= 0.3 is 39.5 Å². The Kier molecular flexibility index (Phi) is 74.1. The van der Waals surface area contributed by atoms with E-state index in [1.807, 2.05) is 36.5 Å². The molecule has 608 valence electrons.